The number of carbonyl (C=O) groups is 1. The normalized spacial score (nSPS) is 11.6. The number of methoxy groups -OCH3 is 1. The number of benzene rings is 1. The lowest BCUT2D eigenvalue weighted by atomic mass is 10.1. The molecule has 1 aromatic rings. The van der Waals surface area contributed by atoms with E-state index in [1.165, 1.54) is 0 Å². The lowest BCUT2D eigenvalue weighted by molar-refractivity contribution is -0.113. The van der Waals surface area contributed by atoms with Crippen LogP contribution >= 0.6 is 0 Å². The molecule has 0 aromatic heterocycles. The molecule has 0 amide bonds. The molecule has 23 heavy (non-hydrogen) atoms. The van der Waals surface area contributed by atoms with Crippen molar-refractivity contribution in [2.24, 2.45) is 0 Å². The Hall–Kier alpha value is -1.53. The van der Waals surface area contributed by atoms with Gasteiger partial charge in [-0.15, -0.1) is 5.54 Å². The maximum absolute atomic E-state index is 12.3. The molecule has 3 heteroatoms. The lowest BCUT2D eigenvalue weighted by Crippen LogP contribution is -2.43. The van der Waals surface area contributed by atoms with Gasteiger partial charge in [0.1, 0.15) is 13.8 Å². The maximum Gasteiger partial charge on any atom is 0.209 e. The molecule has 0 radical (unpaired) electrons. The van der Waals surface area contributed by atoms with Crippen LogP contribution in [0.25, 0.3) is 0 Å². The van der Waals surface area contributed by atoms with Crippen molar-refractivity contribution in [3.63, 3.8) is 0 Å². The summed E-state index contributed by atoms with van der Waals surface area (Å²) in [5.74, 6) is 3.76. The molecule has 1 rings (SSSR count). The summed E-state index contributed by atoms with van der Waals surface area (Å²) < 4.78 is 5.20. The van der Waals surface area contributed by atoms with Crippen molar-refractivity contribution in [3.8, 4) is 17.2 Å². The molecule has 1 aromatic carbocycles. The van der Waals surface area contributed by atoms with Gasteiger partial charge in [-0.1, -0.05) is 53.7 Å². The van der Waals surface area contributed by atoms with Gasteiger partial charge in [-0.25, -0.2) is 0 Å². The van der Waals surface area contributed by atoms with Gasteiger partial charge in [0, 0.05) is 6.42 Å². The van der Waals surface area contributed by atoms with E-state index < -0.39 is 8.07 Å². The van der Waals surface area contributed by atoms with Crippen LogP contribution in [0.2, 0.25) is 16.6 Å². The highest BCUT2D eigenvalue weighted by Crippen LogP contribution is 2.40. The quantitative estimate of drug-likeness (QED) is 0.540. The highest BCUT2D eigenvalue weighted by Gasteiger charge is 2.41. The fourth-order valence-corrected chi connectivity index (χ4v) is 8.84. The van der Waals surface area contributed by atoms with Gasteiger partial charge >= 0.3 is 0 Å². The zero-order chi connectivity index (χ0) is 17.6. The largest absolute Gasteiger partial charge is 0.497 e. The van der Waals surface area contributed by atoms with Crippen molar-refractivity contribution in [1.29, 1.82) is 0 Å². The zero-order valence-corrected chi connectivity index (χ0v) is 16.6. The molecule has 0 spiro atoms. The number of rotatable bonds is 6. The Labute approximate surface area is 142 Å². The van der Waals surface area contributed by atoms with Crippen molar-refractivity contribution in [3.05, 3.63) is 29.8 Å². The highest BCUT2D eigenvalue weighted by molar-refractivity contribution is 6.90. The summed E-state index contributed by atoms with van der Waals surface area (Å²) in [6.45, 7) is 13.5. The smallest absolute Gasteiger partial charge is 0.209 e. The van der Waals surface area contributed by atoms with Gasteiger partial charge in [-0.3, -0.25) is 4.79 Å². The standard InChI is InChI=1S/C20H30O2Si/c1-15(2)23(16(3)4,17(5)6)12-11-19(21)13-18-9-8-10-20(14-18)22-7/h8-10,14-17H,13H2,1-7H3. The van der Waals surface area contributed by atoms with Crippen LogP contribution in [0, 0.1) is 11.5 Å². The third-order valence-corrected chi connectivity index (χ3v) is 11.1. The Balaban J connectivity index is 3.00. The number of ketones is 1. The van der Waals surface area contributed by atoms with E-state index in [9.17, 15) is 4.79 Å². The van der Waals surface area contributed by atoms with Gasteiger partial charge < -0.3 is 4.74 Å². The topological polar surface area (TPSA) is 26.3 Å². The van der Waals surface area contributed by atoms with E-state index in [1.54, 1.807) is 7.11 Å². The molecular formula is C20H30O2Si. The summed E-state index contributed by atoms with van der Waals surface area (Å²) in [6, 6.07) is 7.63. The minimum atomic E-state index is -1.83. The third kappa shape index (κ3) is 4.72. The van der Waals surface area contributed by atoms with Gasteiger partial charge in [0.2, 0.25) is 5.78 Å². The SMILES string of the molecule is COc1cccc(CC(=O)C#C[Si](C(C)C)(C(C)C)C(C)C)c1. The molecule has 0 aliphatic carbocycles. The highest BCUT2D eigenvalue weighted by atomic mass is 28.3. The van der Waals surface area contributed by atoms with E-state index in [-0.39, 0.29) is 5.78 Å². The van der Waals surface area contributed by atoms with Crippen molar-refractivity contribution >= 4 is 13.9 Å². The molecule has 0 bridgehead atoms. The fourth-order valence-electron chi connectivity index (χ4n) is 3.62. The predicted octanol–water partition coefficient (Wildman–Crippen LogP) is 5.03. The van der Waals surface area contributed by atoms with Crippen LogP contribution in [0.15, 0.2) is 24.3 Å². The van der Waals surface area contributed by atoms with E-state index in [2.05, 4.69) is 53.0 Å². The second-order valence-corrected chi connectivity index (χ2v) is 12.7. The Morgan fingerprint density at radius 1 is 1.09 bits per heavy atom. The first-order chi connectivity index (χ1) is 10.7. The van der Waals surface area contributed by atoms with Crippen molar-refractivity contribution < 1.29 is 9.53 Å². The van der Waals surface area contributed by atoms with Crippen LogP contribution in [-0.2, 0) is 11.2 Å². The molecule has 0 saturated carbocycles. The number of hydrogen-bond acceptors (Lipinski definition) is 2. The number of Topliss-reactive ketones (excluding diaryl/α,β-unsaturated/α-hetero) is 1. The minimum Gasteiger partial charge on any atom is -0.497 e. The Bertz CT molecular complexity index is 569. The van der Waals surface area contributed by atoms with Crippen LogP contribution in [0.5, 0.6) is 5.75 Å². The van der Waals surface area contributed by atoms with Gasteiger partial charge in [-0.05, 0) is 40.2 Å². The van der Waals surface area contributed by atoms with Gasteiger partial charge in [-0.2, -0.15) is 0 Å². The lowest BCUT2D eigenvalue weighted by Gasteiger charge is -2.37. The first-order valence-corrected chi connectivity index (χ1v) is 10.7. The second-order valence-electron chi connectivity index (χ2n) is 7.10. The first kappa shape index (κ1) is 19.5. The number of carbonyl (C=O) groups excluding carboxylic acids is 1. The molecule has 0 aliphatic rings. The zero-order valence-electron chi connectivity index (χ0n) is 15.6. The van der Waals surface area contributed by atoms with Gasteiger partial charge in [0.25, 0.3) is 0 Å². The van der Waals surface area contributed by atoms with Crippen molar-refractivity contribution in [1.82, 2.24) is 0 Å². The van der Waals surface area contributed by atoms with Gasteiger partial charge in [0.05, 0.1) is 7.11 Å². The van der Waals surface area contributed by atoms with Crippen LogP contribution in [0.3, 0.4) is 0 Å². The van der Waals surface area contributed by atoms with Crippen LogP contribution in [0.1, 0.15) is 47.1 Å². The fraction of sp³-hybridized carbons (Fsp3) is 0.550. The van der Waals surface area contributed by atoms with E-state index in [0.717, 1.165) is 11.3 Å². The Morgan fingerprint density at radius 2 is 1.65 bits per heavy atom. The molecular weight excluding hydrogens is 300 g/mol. The van der Waals surface area contributed by atoms with E-state index in [1.807, 2.05) is 24.3 Å². The summed E-state index contributed by atoms with van der Waals surface area (Å²) in [5.41, 5.74) is 6.07. The van der Waals surface area contributed by atoms with E-state index in [4.69, 9.17) is 4.74 Å². The molecule has 2 nitrogen and oxygen atoms in total. The van der Waals surface area contributed by atoms with Crippen LogP contribution in [0.4, 0.5) is 0 Å². The second kappa shape index (κ2) is 8.36. The molecule has 0 atom stereocenters. The molecule has 0 aliphatic heterocycles. The Morgan fingerprint density at radius 3 is 2.13 bits per heavy atom. The first-order valence-electron chi connectivity index (χ1n) is 8.43. The molecule has 0 N–H and O–H groups in total. The van der Waals surface area contributed by atoms with Crippen molar-refractivity contribution in [2.45, 2.75) is 64.6 Å². The number of ether oxygens (including phenoxy) is 1. The summed E-state index contributed by atoms with van der Waals surface area (Å²) in [6.07, 6.45) is 0.350. The summed E-state index contributed by atoms with van der Waals surface area (Å²) in [7, 11) is -0.198. The molecule has 0 fully saturated rings. The van der Waals surface area contributed by atoms with Crippen LogP contribution < -0.4 is 4.74 Å². The third-order valence-electron chi connectivity index (χ3n) is 4.78. The molecule has 0 unspecified atom stereocenters. The van der Waals surface area contributed by atoms with Gasteiger partial charge in [0.15, 0.2) is 0 Å². The molecule has 126 valence electrons. The Kier molecular flexibility index (Phi) is 7.09. The van der Waals surface area contributed by atoms with Crippen molar-refractivity contribution in [2.75, 3.05) is 7.11 Å². The monoisotopic (exact) mass is 330 g/mol. The summed E-state index contributed by atoms with van der Waals surface area (Å²) in [4.78, 5) is 12.3. The molecule has 0 heterocycles. The minimum absolute atomic E-state index is 0.00271. The number of hydrogen-bond donors (Lipinski definition) is 0. The molecule has 0 saturated heterocycles. The van der Waals surface area contributed by atoms with E-state index >= 15 is 0 Å². The average Bonchev–Trinajstić information content (AvgIpc) is 2.46. The average molecular weight is 331 g/mol. The van der Waals surface area contributed by atoms with Crippen LogP contribution in [-0.4, -0.2) is 21.0 Å². The van der Waals surface area contributed by atoms with E-state index in [0.29, 0.717) is 23.0 Å². The summed E-state index contributed by atoms with van der Waals surface area (Å²) in [5, 5.41) is 0. The summed E-state index contributed by atoms with van der Waals surface area (Å²) >= 11 is 0. The maximum atomic E-state index is 12.3. The predicted molar refractivity (Wildman–Crippen MR) is 101 cm³/mol.